The number of benzene rings is 3. The van der Waals surface area contributed by atoms with Gasteiger partial charge in [0.15, 0.2) is 5.17 Å². The molecule has 3 aromatic carbocycles. The number of amides is 1. The molecule has 9 heteroatoms. The molecule has 2 heterocycles. The highest BCUT2D eigenvalue weighted by Gasteiger charge is 2.34. The molecule has 0 spiro atoms. The fraction of sp³-hybridized carbons (Fsp3) is 0.214. The molecule has 0 unspecified atom stereocenters. The number of thioether (sulfide) groups is 1. The molecule has 2 aliphatic rings. The SMILES string of the molecule is Cc1ccc(N=C2S/C(=C/c3cc([N+](=O)[O-])ccc3N3CCOCC3)C(=O)N2Cc2ccccc2)cc1. The van der Waals surface area contributed by atoms with Gasteiger partial charge in [-0.05, 0) is 48.5 Å². The monoisotopic (exact) mass is 514 g/mol. The first kappa shape index (κ1) is 24.7. The van der Waals surface area contributed by atoms with Crippen LogP contribution < -0.4 is 4.90 Å². The maximum absolute atomic E-state index is 13.7. The molecular weight excluding hydrogens is 488 g/mol. The minimum absolute atomic E-state index is 0.0195. The first-order chi connectivity index (χ1) is 18.0. The van der Waals surface area contributed by atoms with E-state index in [0.29, 0.717) is 48.5 Å². The standard InChI is InChI=1S/C28H26N4O4S/c1-20-7-9-23(10-8-20)29-28-31(19-21-5-3-2-4-6-21)27(33)26(37-28)18-22-17-24(32(34)35)11-12-25(22)30-13-15-36-16-14-30/h2-12,17-18H,13-16,19H2,1H3/b26-18+,29-28?. The molecule has 188 valence electrons. The lowest BCUT2D eigenvalue weighted by Crippen LogP contribution is -2.36. The van der Waals surface area contributed by atoms with Crippen molar-refractivity contribution in [2.24, 2.45) is 4.99 Å². The largest absolute Gasteiger partial charge is 0.378 e. The molecule has 0 saturated carbocycles. The summed E-state index contributed by atoms with van der Waals surface area (Å²) in [5.41, 5.74) is 4.32. The van der Waals surface area contributed by atoms with Crippen LogP contribution in [-0.2, 0) is 16.1 Å². The van der Waals surface area contributed by atoms with Crippen molar-refractivity contribution in [1.82, 2.24) is 4.90 Å². The average molecular weight is 515 g/mol. The Kier molecular flexibility index (Phi) is 7.34. The van der Waals surface area contributed by atoms with E-state index in [9.17, 15) is 14.9 Å². The topological polar surface area (TPSA) is 88.3 Å². The molecule has 0 radical (unpaired) electrons. The number of amidine groups is 1. The molecule has 0 atom stereocenters. The van der Waals surface area contributed by atoms with Gasteiger partial charge >= 0.3 is 0 Å². The molecule has 2 aliphatic heterocycles. The van der Waals surface area contributed by atoms with Crippen molar-refractivity contribution < 1.29 is 14.5 Å². The number of carbonyl (C=O) groups is 1. The zero-order chi connectivity index (χ0) is 25.8. The highest BCUT2D eigenvalue weighted by atomic mass is 32.2. The van der Waals surface area contributed by atoms with E-state index >= 15 is 0 Å². The van der Waals surface area contributed by atoms with Gasteiger partial charge in [-0.2, -0.15) is 0 Å². The molecule has 0 N–H and O–H groups in total. The van der Waals surface area contributed by atoms with Crippen molar-refractivity contribution in [2.75, 3.05) is 31.2 Å². The second-order valence-electron chi connectivity index (χ2n) is 8.82. The van der Waals surface area contributed by atoms with Crippen LogP contribution in [-0.4, -0.2) is 47.2 Å². The van der Waals surface area contributed by atoms with Crippen molar-refractivity contribution in [1.29, 1.82) is 0 Å². The fourth-order valence-corrected chi connectivity index (χ4v) is 5.22. The third kappa shape index (κ3) is 5.73. The Labute approximate surface area is 219 Å². The zero-order valence-electron chi connectivity index (χ0n) is 20.4. The number of aryl methyl sites for hydroxylation is 1. The second-order valence-corrected chi connectivity index (χ2v) is 9.83. The van der Waals surface area contributed by atoms with Gasteiger partial charge in [0.1, 0.15) is 0 Å². The number of non-ortho nitro benzene ring substituents is 1. The highest BCUT2D eigenvalue weighted by molar-refractivity contribution is 8.18. The van der Waals surface area contributed by atoms with Crippen molar-refractivity contribution >= 4 is 46.0 Å². The molecule has 3 aromatic rings. The molecular formula is C28H26N4O4S. The molecule has 0 aromatic heterocycles. The Hall–Kier alpha value is -3.95. The van der Waals surface area contributed by atoms with E-state index in [2.05, 4.69) is 4.90 Å². The van der Waals surface area contributed by atoms with Crippen LogP contribution in [0.1, 0.15) is 16.7 Å². The first-order valence-corrected chi connectivity index (χ1v) is 12.8. The molecule has 8 nitrogen and oxygen atoms in total. The lowest BCUT2D eigenvalue weighted by molar-refractivity contribution is -0.384. The quantitative estimate of drug-likeness (QED) is 0.244. The van der Waals surface area contributed by atoms with E-state index < -0.39 is 4.92 Å². The third-order valence-corrected chi connectivity index (χ3v) is 7.20. The predicted octanol–water partition coefficient (Wildman–Crippen LogP) is 5.54. The summed E-state index contributed by atoms with van der Waals surface area (Å²) < 4.78 is 5.48. The number of nitrogens with zero attached hydrogens (tertiary/aromatic N) is 4. The molecule has 1 amide bonds. The average Bonchev–Trinajstić information content (AvgIpc) is 3.19. The summed E-state index contributed by atoms with van der Waals surface area (Å²) in [6.45, 7) is 4.90. The summed E-state index contributed by atoms with van der Waals surface area (Å²) in [5, 5.41) is 12.1. The van der Waals surface area contributed by atoms with Gasteiger partial charge in [-0.1, -0.05) is 48.0 Å². The van der Waals surface area contributed by atoms with Crippen molar-refractivity contribution in [2.45, 2.75) is 13.5 Å². The Balaban J connectivity index is 1.55. The number of rotatable bonds is 6. The first-order valence-electron chi connectivity index (χ1n) is 12.0. The molecule has 2 fully saturated rings. The molecule has 0 aliphatic carbocycles. The number of hydrogen-bond acceptors (Lipinski definition) is 7. The number of hydrogen-bond donors (Lipinski definition) is 0. The number of nitro benzene ring substituents is 1. The smallest absolute Gasteiger partial charge is 0.270 e. The van der Waals surface area contributed by atoms with Gasteiger partial charge < -0.3 is 9.64 Å². The van der Waals surface area contributed by atoms with Crippen LogP contribution in [0.15, 0.2) is 82.7 Å². The summed E-state index contributed by atoms with van der Waals surface area (Å²) in [4.78, 5) is 33.8. The van der Waals surface area contributed by atoms with Gasteiger partial charge in [0.2, 0.25) is 0 Å². The number of ether oxygens (including phenoxy) is 1. The predicted molar refractivity (Wildman–Crippen MR) is 147 cm³/mol. The molecule has 5 rings (SSSR count). The van der Waals surface area contributed by atoms with Gasteiger partial charge in [-0.25, -0.2) is 4.99 Å². The Morgan fingerprint density at radius 1 is 1.05 bits per heavy atom. The Bertz CT molecular complexity index is 1370. The van der Waals surface area contributed by atoms with E-state index in [4.69, 9.17) is 9.73 Å². The Morgan fingerprint density at radius 3 is 2.49 bits per heavy atom. The summed E-state index contributed by atoms with van der Waals surface area (Å²) in [7, 11) is 0. The van der Waals surface area contributed by atoms with Gasteiger partial charge in [0, 0.05) is 36.5 Å². The van der Waals surface area contributed by atoms with Gasteiger partial charge in [-0.15, -0.1) is 0 Å². The maximum Gasteiger partial charge on any atom is 0.270 e. The normalized spacial score (nSPS) is 18.1. The van der Waals surface area contributed by atoms with Gasteiger partial charge in [0.05, 0.1) is 35.3 Å². The van der Waals surface area contributed by atoms with Crippen molar-refractivity contribution in [3.05, 3.63) is 105 Å². The van der Waals surface area contributed by atoms with E-state index in [1.54, 1.807) is 17.0 Å². The van der Waals surface area contributed by atoms with E-state index in [-0.39, 0.29) is 11.6 Å². The Morgan fingerprint density at radius 2 is 1.78 bits per heavy atom. The van der Waals surface area contributed by atoms with Crippen LogP contribution >= 0.6 is 11.8 Å². The number of aliphatic imine (C=N–C) groups is 1. The van der Waals surface area contributed by atoms with E-state index in [1.807, 2.05) is 61.5 Å². The van der Waals surface area contributed by atoms with Gasteiger partial charge in [0.25, 0.3) is 11.6 Å². The molecule has 2 saturated heterocycles. The summed E-state index contributed by atoms with van der Waals surface area (Å²) in [6.07, 6.45) is 1.75. The highest BCUT2D eigenvalue weighted by Crippen LogP contribution is 2.37. The zero-order valence-corrected chi connectivity index (χ0v) is 21.2. The van der Waals surface area contributed by atoms with Crippen LogP contribution in [0, 0.1) is 17.0 Å². The van der Waals surface area contributed by atoms with Crippen molar-refractivity contribution in [3.8, 4) is 0 Å². The maximum atomic E-state index is 13.7. The number of carbonyl (C=O) groups excluding carboxylic acids is 1. The van der Waals surface area contributed by atoms with Crippen LogP contribution in [0.4, 0.5) is 17.1 Å². The van der Waals surface area contributed by atoms with Gasteiger partial charge in [-0.3, -0.25) is 19.8 Å². The van der Waals surface area contributed by atoms with Crippen molar-refractivity contribution in [3.63, 3.8) is 0 Å². The van der Waals surface area contributed by atoms with E-state index in [1.165, 1.54) is 23.9 Å². The van der Waals surface area contributed by atoms with E-state index in [0.717, 1.165) is 22.5 Å². The van der Waals surface area contributed by atoms with Crippen LogP contribution in [0.25, 0.3) is 6.08 Å². The van der Waals surface area contributed by atoms with Crippen LogP contribution in [0.2, 0.25) is 0 Å². The second kappa shape index (κ2) is 11.0. The molecule has 37 heavy (non-hydrogen) atoms. The van der Waals surface area contributed by atoms with Crippen LogP contribution in [0.3, 0.4) is 0 Å². The summed E-state index contributed by atoms with van der Waals surface area (Å²) in [6, 6.07) is 22.4. The fourth-order valence-electron chi connectivity index (χ4n) is 4.23. The van der Waals surface area contributed by atoms with Crippen LogP contribution in [0.5, 0.6) is 0 Å². The molecule has 0 bridgehead atoms. The summed E-state index contributed by atoms with van der Waals surface area (Å²) in [5.74, 6) is -0.181. The lowest BCUT2D eigenvalue weighted by Gasteiger charge is -2.30. The minimum atomic E-state index is -0.416. The summed E-state index contributed by atoms with van der Waals surface area (Å²) >= 11 is 1.28. The number of nitro groups is 1. The number of anilines is 1. The minimum Gasteiger partial charge on any atom is -0.378 e. The lowest BCUT2D eigenvalue weighted by atomic mass is 10.1. The third-order valence-electron chi connectivity index (χ3n) is 6.19. The number of morpholine rings is 1.